The summed E-state index contributed by atoms with van der Waals surface area (Å²) in [6.45, 7) is 1.48. The highest BCUT2D eigenvalue weighted by Gasteiger charge is 2.16. The average molecular weight is 245 g/mol. The van der Waals surface area contributed by atoms with Crippen molar-refractivity contribution in [3.63, 3.8) is 0 Å². The maximum atomic E-state index is 11.5. The van der Waals surface area contributed by atoms with Gasteiger partial charge in [-0.3, -0.25) is 4.79 Å². The summed E-state index contributed by atoms with van der Waals surface area (Å²) >= 11 is 5.87. The number of carbonyl (C=O) groups excluding carboxylic acids is 1. The van der Waals surface area contributed by atoms with Crippen LogP contribution < -0.4 is 9.47 Å². The van der Waals surface area contributed by atoms with Gasteiger partial charge in [-0.25, -0.2) is 0 Å². The fraction of sp³-hybridized carbons (Fsp3) is 0.364. The van der Waals surface area contributed by atoms with E-state index in [0.717, 1.165) is 0 Å². The molecule has 0 unspecified atom stereocenters. The Balaban J connectivity index is 3.21. The van der Waals surface area contributed by atoms with Gasteiger partial charge >= 0.3 is 0 Å². The van der Waals surface area contributed by atoms with Crippen molar-refractivity contribution in [1.29, 1.82) is 0 Å². The number of hydrogen-bond acceptors (Lipinski definition) is 4. The molecule has 0 N–H and O–H groups in total. The van der Waals surface area contributed by atoms with E-state index in [1.807, 2.05) is 0 Å². The molecule has 1 aromatic carbocycles. The molecule has 16 heavy (non-hydrogen) atoms. The van der Waals surface area contributed by atoms with Gasteiger partial charge in [-0.2, -0.15) is 0 Å². The van der Waals surface area contributed by atoms with Gasteiger partial charge in [0.15, 0.2) is 12.6 Å². The van der Waals surface area contributed by atoms with Gasteiger partial charge < -0.3 is 14.2 Å². The molecule has 1 aromatic rings. The summed E-state index contributed by atoms with van der Waals surface area (Å²) in [5, 5.41) is 0.438. The molecule has 0 amide bonds. The molecular formula is C11H13ClO4. The van der Waals surface area contributed by atoms with Crippen molar-refractivity contribution in [3.05, 3.63) is 22.7 Å². The predicted octanol–water partition coefficient (Wildman–Crippen LogP) is 2.53. The van der Waals surface area contributed by atoms with Gasteiger partial charge in [-0.1, -0.05) is 11.6 Å². The summed E-state index contributed by atoms with van der Waals surface area (Å²) < 4.78 is 15.1. The van der Waals surface area contributed by atoms with Crippen LogP contribution in [0, 0.1) is 0 Å². The zero-order chi connectivity index (χ0) is 12.1. The summed E-state index contributed by atoms with van der Waals surface area (Å²) in [5.74, 6) is 0.601. The fourth-order valence-corrected chi connectivity index (χ4v) is 1.50. The van der Waals surface area contributed by atoms with Crippen molar-refractivity contribution >= 4 is 17.4 Å². The first kappa shape index (κ1) is 12.8. The lowest BCUT2D eigenvalue weighted by molar-refractivity contribution is 0.0501. The number of carbonyl (C=O) groups is 1. The Labute approximate surface area is 99.1 Å². The lowest BCUT2D eigenvalue weighted by Gasteiger charge is -2.13. The van der Waals surface area contributed by atoms with Crippen LogP contribution in [0.25, 0.3) is 0 Å². The summed E-state index contributed by atoms with van der Waals surface area (Å²) in [4.78, 5) is 11.5. The molecule has 0 saturated carbocycles. The van der Waals surface area contributed by atoms with Crippen molar-refractivity contribution in [2.45, 2.75) is 6.92 Å². The molecule has 0 atom stereocenters. The summed E-state index contributed by atoms with van der Waals surface area (Å²) in [6, 6.07) is 3.12. The van der Waals surface area contributed by atoms with Crippen LogP contribution in [0.4, 0.5) is 0 Å². The Bertz CT molecular complexity index is 390. The van der Waals surface area contributed by atoms with Crippen LogP contribution in [0.5, 0.6) is 11.5 Å². The van der Waals surface area contributed by atoms with Crippen LogP contribution in [0.1, 0.15) is 17.3 Å². The van der Waals surface area contributed by atoms with E-state index in [1.54, 1.807) is 12.1 Å². The Hall–Kier alpha value is -1.26. The lowest BCUT2D eigenvalue weighted by atomic mass is 10.1. The second-order valence-corrected chi connectivity index (χ2v) is 3.52. The number of ketones is 1. The summed E-state index contributed by atoms with van der Waals surface area (Å²) in [5.41, 5.74) is 0.365. The maximum absolute atomic E-state index is 11.5. The molecule has 0 saturated heterocycles. The molecule has 0 aliphatic rings. The Morgan fingerprint density at radius 2 is 1.94 bits per heavy atom. The van der Waals surface area contributed by atoms with Gasteiger partial charge in [0.05, 0.1) is 7.11 Å². The highest BCUT2D eigenvalue weighted by atomic mass is 35.5. The first-order valence-corrected chi connectivity index (χ1v) is 4.98. The van der Waals surface area contributed by atoms with Crippen LogP contribution in [0.3, 0.4) is 0 Å². The van der Waals surface area contributed by atoms with Gasteiger partial charge in [0.25, 0.3) is 0 Å². The predicted molar refractivity (Wildman–Crippen MR) is 60.5 cm³/mol. The van der Waals surface area contributed by atoms with Gasteiger partial charge in [-0.15, -0.1) is 0 Å². The summed E-state index contributed by atoms with van der Waals surface area (Å²) in [7, 11) is 2.97. The SMILES string of the molecule is COCOc1cc(Cl)cc(OC)c1C(C)=O. The van der Waals surface area contributed by atoms with Crippen molar-refractivity contribution in [2.75, 3.05) is 21.0 Å². The van der Waals surface area contributed by atoms with Crippen LogP contribution in [0.15, 0.2) is 12.1 Å². The lowest BCUT2D eigenvalue weighted by Crippen LogP contribution is -2.06. The van der Waals surface area contributed by atoms with Gasteiger partial charge in [0.2, 0.25) is 0 Å². The zero-order valence-electron chi connectivity index (χ0n) is 9.37. The van der Waals surface area contributed by atoms with Crippen LogP contribution in [0.2, 0.25) is 5.02 Å². The van der Waals surface area contributed by atoms with E-state index in [2.05, 4.69) is 0 Å². The molecule has 0 bridgehead atoms. The third-order valence-electron chi connectivity index (χ3n) is 1.94. The monoisotopic (exact) mass is 244 g/mol. The van der Waals surface area contributed by atoms with Gasteiger partial charge in [-0.05, 0) is 19.1 Å². The molecular weight excluding hydrogens is 232 g/mol. The van der Waals surface area contributed by atoms with E-state index in [9.17, 15) is 4.79 Å². The van der Waals surface area contributed by atoms with E-state index >= 15 is 0 Å². The van der Waals surface area contributed by atoms with E-state index in [4.69, 9.17) is 25.8 Å². The largest absolute Gasteiger partial charge is 0.496 e. The van der Waals surface area contributed by atoms with E-state index in [0.29, 0.717) is 22.1 Å². The average Bonchev–Trinajstić information content (AvgIpc) is 2.24. The molecule has 5 heteroatoms. The number of ether oxygens (including phenoxy) is 3. The molecule has 0 radical (unpaired) electrons. The number of methoxy groups -OCH3 is 2. The topological polar surface area (TPSA) is 44.8 Å². The molecule has 0 fully saturated rings. The third-order valence-corrected chi connectivity index (χ3v) is 2.15. The number of rotatable bonds is 5. The minimum Gasteiger partial charge on any atom is -0.496 e. The smallest absolute Gasteiger partial charge is 0.188 e. The van der Waals surface area contributed by atoms with Crippen molar-refractivity contribution in [2.24, 2.45) is 0 Å². The molecule has 0 heterocycles. The molecule has 88 valence electrons. The fourth-order valence-electron chi connectivity index (χ4n) is 1.30. The number of benzene rings is 1. The minimum absolute atomic E-state index is 0.0454. The van der Waals surface area contributed by atoms with Crippen LogP contribution >= 0.6 is 11.6 Å². The minimum atomic E-state index is -0.153. The van der Waals surface area contributed by atoms with E-state index < -0.39 is 0 Å². The first-order chi connectivity index (χ1) is 7.60. The molecule has 1 rings (SSSR count). The molecule has 4 nitrogen and oxygen atoms in total. The quantitative estimate of drug-likeness (QED) is 0.590. The number of hydrogen-bond donors (Lipinski definition) is 0. The van der Waals surface area contributed by atoms with Crippen LogP contribution in [-0.4, -0.2) is 26.8 Å². The maximum Gasteiger partial charge on any atom is 0.188 e. The summed E-state index contributed by atoms with van der Waals surface area (Å²) in [6.07, 6.45) is 0. The van der Waals surface area contributed by atoms with Crippen molar-refractivity contribution in [3.8, 4) is 11.5 Å². The van der Waals surface area contributed by atoms with Gasteiger partial charge in [0, 0.05) is 12.1 Å². The Kier molecular flexibility index (Phi) is 4.58. The number of halogens is 1. The first-order valence-electron chi connectivity index (χ1n) is 4.60. The second-order valence-electron chi connectivity index (χ2n) is 3.09. The molecule has 0 aliphatic carbocycles. The van der Waals surface area contributed by atoms with E-state index in [-0.39, 0.29) is 12.6 Å². The Morgan fingerprint density at radius 1 is 1.31 bits per heavy atom. The van der Waals surface area contributed by atoms with Crippen molar-refractivity contribution < 1.29 is 19.0 Å². The highest BCUT2D eigenvalue weighted by molar-refractivity contribution is 6.31. The van der Waals surface area contributed by atoms with Crippen molar-refractivity contribution in [1.82, 2.24) is 0 Å². The standard InChI is InChI=1S/C11H13ClO4/c1-7(13)11-9(15-3)4-8(12)5-10(11)16-6-14-2/h4-5H,6H2,1-3H3. The highest BCUT2D eigenvalue weighted by Crippen LogP contribution is 2.33. The third kappa shape index (κ3) is 2.87. The zero-order valence-corrected chi connectivity index (χ0v) is 10.1. The molecule has 0 spiro atoms. The molecule has 0 aromatic heterocycles. The normalized spacial score (nSPS) is 10.0. The van der Waals surface area contributed by atoms with Gasteiger partial charge in [0.1, 0.15) is 17.1 Å². The number of Topliss-reactive ketones (excluding diaryl/α,β-unsaturated/α-hetero) is 1. The second kappa shape index (κ2) is 5.72. The van der Waals surface area contributed by atoms with Crippen LogP contribution in [-0.2, 0) is 4.74 Å². The van der Waals surface area contributed by atoms with E-state index in [1.165, 1.54) is 21.1 Å². The molecule has 0 aliphatic heterocycles. The Morgan fingerprint density at radius 3 is 2.44 bits per heavy atom.